The van der Waals surface area contributed by atoms with Gasteiger partial charge in [-0.05, 0) is 24.6 Å². The molecule has 0 aliphatic rings. The van der Waals surface area contributed by atoms with Gasteiger partial charge in [-0.1, -0.05) is 35.3 Å². The largest absolute Gasteiger partial charge is 0.313 e. The highest BCUT2D eigenvalue weighted by atomic mass is 35.5. The standard InChI is InChI=1S/C10H12Cl3N/c11-5-2-6-14-7-8-3-1-4-9(12)10(8)13/h1,3-4,14H,2,5-7H2. The van der Waals surface area contributed by atoms with Crippen LogP contribution >= 0.6 is 34.8 Å². The lowest BCUT2D eigenvalue weighted by atomic mass is 10.2. The van der Waals surface area contributed by atoms with Gasteiger partial charge in [0.05, 0.1) is 10.0 Å². The van der Waals surface area contributed by atoms with Gasteiger partial charge >= 0.3 is 0 Å². The Morgan fingerprint density at radius 3 is 2.71 bits per heavy atom. The zero-order chi connectivity index (χ0) is 10.4. The maximum atomic E-state index is 6.01. The summed E-state index contributed by atoms with van der Waals surface area (Å²) in [6.45, 7) is 1.63. The number of hydrogen-bond acceptors (Lipinski definition) is 1. The first kappa shape index (κ1) is 12.1. The van der Waals surface area contributed by atoms with Crippen LogP contribution < -0.4 is 5.32 Å². The maximum Gasteiger partial charge on any atom is 0.0637 e. The maximum absolute atomic E-state index is 6.01. The Bertz CT molecular complexity index is 289. The summed E-state index contributed by atoms with van der Waals surface area (Å²) >= 11 is 17.4. The van der Waals surface area contributed by atoms with Crippen molar-refractivity contribution in [2.75, 3.05) is 12.4 Å². The number of halogens is 3. The van der Waals surface area contributed by atoms with Crippen molar-refractivity contribution in [2.24, 2.45) is 0 Å². The lowest BCUT2D eigenvalue weighted by molar-refractivity contribution is 0.678. The Labute approximate surface area is 99.4 Å². The summed E-state index contributed by atoms with van der Waals surface area (Å²) in [5.74, 6) is 0.677. The molecule has 0 bridgehead atoms. The number of rotatable bonds is 5. The molecule has 0 spiro atoms. The van der Waals surface area contributed by atoms with E-state index in [9.17, 15) is 0 Å². The first-order valence-corrected chi connectivity index (χ1v) is 5.74. The third-order valence-electron chi connectivity index (χ3n) is 1.83. The first-order valence-electron chi connectivity index (χ1n) is 4.45. The summed E-state index contributed by atoms with van der Waals surface area (Å²) in [6.07, 6.45) is 0.958. The topological polar surface area (TPSA) is 12.0 Å². The Hall–Kier alpha value is 0.0500. The molecule has 0 saturated heterocycles. The van der Waals surface area contributed by atoms with Crippen LogP contribution in [0, 0.1) is 0 Å². The molecule has 0 aliphatic heterocycles. The normalized spacial score (nSPS) is 10.5. The van der Waals surface area contributed by atoms with Crippen LogP contribution in [0.5, 0.6) is 0 Å². The van der Waals surface area contributed by atoms with Crippen LogP contribution in [0.4, 0.5) is 0 Å². The van der Waals surface area contributed by atoms with Crippen LogP contribution in [0.15, 0.2) is 18.2 Å². The van der Waals surface area contributed by atoms with Crippen LogP contribution in [0.1, 0.15) is 12.0 Å². The van der Waals surface area contributed by atoms with Crippen molar-refractivity contribution in [3.05, 3.63) is 33.8 Å². The predicted molar refractivity (Wildman–Crippen MR) is 63.5 cm³/mol. The van der Waals surface area contributed by atoms with E-state index in [0.717, 1.165) is 25.1 Å². The fourth-order valence-corrected chi connectivity index (χ4v) is 1.62. The number of hydrogen-bond donors (Lipinski definition) is 1. The molecule has 0 amide bonds. The molecule has 1 nitrogen and oxygen atoms in total. The van der Waals surface area contributed by atoms with Crippen molar-refractivity contribution in [1.29, 1.82) is 0 Å². The second kappa shape index (κ2) is 6.52. The van der Waals surface area contributed by atoms with Crippen LogP contribution in [0.2, 0.25) is 10.0 Å². The molecule has 0 saturated carbocycles. The molecule has 4 heteroatoms. The predicted octanol–water partition coefficient (Wildman–Crippen LogP) is 3.71. The van der Waals surface area contributed by atoms with E-state index in [2.05, 4.69) is 5.32 Å². The van der Waals surface area contributed by atoms with Gasteiger partial charge in [-0.25, -0.2) is 0 Å². The molecule has 0 heterocycles. The lowest BCUT2D eigenvalue weighted by Crippen LogP contribution is -2.15. The zero-order valence-electron chi connectivity index (χ0n) is 7.69. The summed E-state index contributed by atoms with van der Waals surface area (Å²) in [4.78, 5) is 0. The van der Waals surface area contributed by atoms with Crippen LogP contribution in [0.3, 0.4) is 0 Å². The summed E-state index contributed by atoms with van der Waals surface area (Å²) < 4.78 is 0. The number of alkyl halides is 1. The van der Waals surface area contributed by atoms with Crippen molar-refractivity contribution >= 4 is 34.8 Å². The van der Waals surface area contributed by atoms with Gasteiger partial charge in [0.1, 0.15) is 0 Å². The van der Waals surface area contributed by atoms with Crippen LogP contribution in [-0.2, 0) is 6.54 Å². The smallest absolute Gasteiger partial charge is 0.0637 e. The molecule has 0 fully saturated rings. The van der Waals surface area contributed by atoms with E-state index in [4.69, 9.17) is 34.8 Å². The highest BCUT2D eigenvalue weighted by Gasteiger charge is 2.02. The monoisotopic (exact) mass is 251 g/mol. The van der Waals surface area contributed by atoms with Gasteiger partial charge in [-0.2, -0.15) is 0 Å². The third kappa shape index (κ3) is 3.66. The average molecular weight is 253 g/mol. The molecule has 0 unspecified atom stereocenters. The second-order valence-corrected chi connectivity index (χ2v) is 4.10. The molecule has 1 N–H and O–H groups in total. The minimum Gasteiger partial charge on any atom is -0.313 e. The van der Waals surface area contributed by atoms with Crippen LogP contribution in [-0.4, -0.2) is 12.4 Å². The summed E-state index contributed by atoms with van der Waals surface area (Å²) in [5.41, 5.74) is 1.02. The minimum atomic E-state index is 0.600. The lowest BCUT2D eigenvalue weighted by Gasteiger charge is -2.06. The fourth-order valence-electron chi connectivity index (χ4n) is 1.10. The fraction of sp³-hybridized carbons (Fsp3) is 0.400. The van der Waals surface area contributed by atoms with Gasteiger partial charge in [0.25, 0.3) is 0 Å². The highest BCUT2D eigenvalue weighted by Crippen LogP contribution is 2.25. The number of nitrogens with one attached hydrogen (secondary N) is 1. The molecular weight excluding hydrogens is 240 g/mol. The Morgan fingerprint density at radius 2 is 2.00 bits per heavy atom. The Balaban J connectivity index is 2.46. The van der Waals surface area contributed by atoms with Crippen molar-refractivity contribution in [1.82, 2.24) is 5.32 Å². The van der Waals surface area contributed by atoms with Crippen molar-refractivity contribution < 1.29 is 0 Å². The van der Waals surface area contributed by atoms with Gasteiger partial charge in [0.2, 0.25) is 0 Å². The van der Waals surface area contributed by atoms with Gasteiger partial charge in [-0.15, -0.1) is 11.6 Å². The molecule has 78 valence electrons. The molecule has 1 rings (SSSR count). The Kier molecular flexibility index (Phi) is 5.64. The SMILES string of the molecule is ClCCCNCc1cccc(Cl)c1Cl. The Morgan fingerprint density at radius 1 is 1.21 bits per heavy atom. The van der Waals surface area contributed by atoms with Crippen molar-refractivity contribution in [2.45, 2.75) is 13.0 Å². The van der Waals surface area contributed by atoms with E-state index in [1.807, 2.05) is 12.1 Å². The molecule has 1 aromatic carbocycles. The molecule has 0 aliphatic carbocycles. The van der Waals surface area contributed by atoms with E-state index in [1.165, 1.54) is 0 Å². The van der Waals surface area contributed by atoms with E-state index >= 15 is 0 Å². The van der Waals surface area contributed by atoms with E-state index < -0.39 is 0 Å². The summed E-state index contributed by atoms with van der Waals surface area (Å²) in [5, 5.41) is 4.48. The summed E-state index contributed by atoms with van der Waals surface area (Å²) in [6, 6.07) is 5.64. The molecular formula is C10H12Cl3N. The first-order chi connectivity index (χ1) is 6.75. The quantitative estimate of drug-likeness (QED) is 0.622. The van der Waals surface area contributed by atoms with Crippen LogP contribution in [0.25, 0.3) is 0 Å². The van der Waals surface area contributed by atoms with Gasteiger partial charge in [-0.3, -0.25) is 0 Å². The van der Waals surface area contributed by atoms with Gasteiger partial charge < -0.3 is 5.32 Å². The third-order valence-corrected chi connectivity index (χ3v) is 2.96. The van der Waals surface area contributed by atoms with E-state index in [1.54, 1.807) is 6.07 Å². The van der Waals surface area contributed by atoms with Crippen molar-refractivity contribution in [3.63, 3.8) is 0 Å². The molecule has 1 aromatic rings. The van der Waals surface area contributed by atoms with Gasteiger partial charge in [0, 0.05) is 12.4 Å². The molecule has 0 atom stereocenters. The second-order valence-electron chi connectivity index (χ2n) is 2.93. The van der Waals surface area contributed by atoms with Crippen molar-refractivity contribution in [3.8, 4) is 0 Å². The van der Waals surface area contributed by atoms with E-state index in [0.29, 0.717) is 15.9 Å². The molecule has 0 aromatic heterocycles. The highest BCUT2D eigenvalue weighted by molar-refractivity contribution is 6.42. The zero-order valence-corrected chi connectivity index (χ0v) is 9.96. The van der Waals surface area contributed by atoms with Gasteiger partial charge in [0.15, 0.2) is 0 Å². The summed E-state index contributed by atoms with van der Waals surface area (Å²) in [7, 11) is 0. The van der Waals surface area contributed by atoms with E-state index in [-0.39, 0.29) is 0 Å². The minimum absolute atomic E-state index is 0.600. The average Bonchev–Trinajstić information content (AvgIpc) is 2.19. The number of benzene rings is 1. The molecule has 0 radical (unpaired) electrons. The molecule has 14 heavy (non-hydrogen) atoms.